The van der Waals surface area contributed by atoms with E-state index in [1.54, 1.807) is 6.07 Å². The van der Waals surface area contributed by atoms with Crippen LogP contribution in [0.5, 0.6) is 0 Å². The molecule has 0 unspecified atom stereocenters. The predicted octanol–water partition coefficient (Wildman–Crippen LogP) is -0.680. The van der Waals surface area contributed by atoms with Gasteiger partial charge in [0.25, 0.3) is 0 Å². The number of nitrogen functional groups attached to an aromatic ring is 1. The largest absolute Gasteiger partial charge is 0.399 e. The van der Waals surface area contributed by atoms with Crippen LogP contribution in [0.15, 0.2) is 23.1 Å². The van der Waals surface area contributed by atoms with Gasteiger partial charge in [0.2, 0.25) is 10.0 Å². The number of hydrogen-bond acceptors (Lipinski definition) is 5. The van der Waals surface area contributed by atoms with E-state index < -0.39 is 10.0 Å². The molecule has 0 bridgehead atoms. The average molecular weight is 231 g/mol. The molecule has 6 nitrogen and oxygen atoms in total. The van der Waals surface area contributed by atoms with Gasteiger partial charge in [-0.2, -0.15) is 0 Å². The molecule has 0 aliphatic carbocycles. The van der Waals surface area contributed by atoms with Gasteiger partial charge in [-0.3, -0.25) is 0 Å². The number of hydrogen-bond donors (Lipinski definition) is 4. The lowest BCUT2D eigenvalue weighted by molar-refractivity contribution is 0.311. The Morgan fingerprint density at radius 1 is 1.40 bits per heavy atom. The topological polar surface area (TPSA) is 118 Å². The second kappa shape index (κ2) is 4.47. The lowest BCUT2D eigenvalue weighted by Gasteiger charge is -2.10. The number of anilines is 2. The summed E-state index contributed by atoms with van der Waals surface area (Å²) in [5, 5.41) is 16.4. The summed E-state index contributed by atoms with van der Waals surface area (Å²) in [5.41, 5.74) is 6.10. The zero-order valence-electron chi connectivity index (χ0n) is 7.97. The molecule has 1 aromatic carbocycles. The molecule has 0 radical (unpaired) electrons. The Kier molecular flexibility index (Phi) is 3.51. The van der Waals surface area contributed by atoms with Gasteiger partial charge in [-0.05, 0) is 18.2 Å². The van der Waals surface area contributed by atoms with Gasteiger partial charge >= 0.3 is 0 Å². The second-order valence-corrected chi connectivity index (χ2v) is 4.48. The predicted molar refractivity (Wildman–Crippen MR) is 57.8 cm³/mol. The molecule has 84 valence electrons. The van der Waals surface area contributed by atoms with Crippen molar-refractivity contribution in [3.8, 4) is 0 Å². The van der Waals surface area contributed by atoms with Gasteiger partial charge in [0.15, 0.2) is 0 Å². The van der Waals surface area contributed by atoms with Crippen LogP contribution in [0.1, 0.15) is 0 Å². The molecular formula is C8H13N3O3S. The monoisotopic (exact) mass is 231 g/mol. The number of nitrogens with two attached hydrogens (primary N) is 2. The van der Waals surface area contributed by atoms with Crippen LogP contribution in [0.3, 0.4) is 0 Å². The van der Waals surface area contributed by atoms with Crippen molar-refractivity contribution in [3.05, 3.63) is 18.2 Å². The molecule has 0 aromatic heterocycles. The zero-order chi connectivity index (χ0) is 11.5. The van der Waals surface area contributed by atoms with Crippen LogP contribution in [-0.4, -0.2) is 26.7 Å². The van der Waals surface area contributed by atoms with Gasteiger partial charge in [0.1, 0.15) is 4.90 Å². The van der Waals surface area contributed by atoms with E-state index in [9.17, 15) is 8.42 Å². The molecule has 0 heterocycles. The molecule has 0 saturated heterocycles. The van der Waals surface area contributed by atoms with Crippen LogP contribution < -0.4 is 16.2 Å². The molecule has 1 rings (SSSR count). The Morgan fingerprint density at radius 3 is 2.60 bits per heavy atom. The van der Waals surface area contributed by atoms with E-state index in [1.165, 1.54) is 12.1 Å². The molecule has 1 aromatic rings. The normalized spacial score (nSPS) is 11.3. The molecule has 0 aliphatic rings. The lowest BCUT2D eigenvalue weighted by atomic mass is 10.3. The van der Waals surface area contributed by atoms with E-state index in [4.69, 9.17) is 16.0 Å². The molecular weight excluding hydrogens is 218 g/mol. The highest BCUT2D eigenvalue weighted by atomic mass is 32.2. The summed E-state index contributed by atoms with van der Waals surface area (Å²) < 4.78 is 22.4. The van der Waals surface area contributed by atoms with Crippen LogP contribution in [0.25, 0.3) is 0 Å². The maximum absolute atomic E-state index is 11.2. The minimum atomic E-state index is -3.81. The minimum Gasteiger partial charge on any atom is -0.399 e. The smallest absolute Gasteiger partial charge is 0.240 e. The first-order chi connectivity index (χ1) is 6.95. The highest BCUT2D eigenvalue weighted by molar-refractivity contribution is 7.89. The van der Waals surface area contributed by atoms with Crippen LogP contribution in [0.2, 0.25) is 0 Å². The third kappa shape index (κ3) is 3.08. The van der Waals surface area contributed by atoms with Gasteiger partial charge in [-0.15, -0.1) is 0 Å². The quantitative estimate of drug-likeness (QED) is 0.512. The van der Waals surface area contributed by atoms with Crippen LogP contribution in [0, 0.1) is 0 Å². The van der Waals surface area contributed by atoms with E-state index in [-0.39, 0.29) is 18.0 Å². The fraction of sp³-hybridized carbons (Fsp3) is 0.250. The van der Waals surface area contributed by atoms with Crippen molar-refractivity contribution in [3.63, 3.8) is 0 Å². The van der Waals surface area contributed by atoms with Crippen molar-refractivity contribution in [1.82, 2.24) is 0 Å². The summed E-state index contributed by atoms with van der Waals surface area (Å²) in [5.74, 6) is 0. The first-order valence-corrected chi connectivity index (χ1v) is 5.77. The molecule has 0 saturated carbocycles. The van der Waals surface area contributed by atoms with E-state index in [0.717, 1.165) is 0 Å². The van der Waals surface area contributed by atoms with Crippen LogP contribution >= 0.6 is 0 Å². The Hall–Kier alpha value is -1.31. The molecule has 0 fully saturated rings. The first-order valence-electron chi connectivity index (χ1n) is 4.22. The van der Waals surface area contributed by atoms with Gasteiger partial charge in [-0.25, -0.2) is 13.6 Å². The van der Waals surface area contributed by atoms with Crippen LogP contribution in [0.4, 0.5) is 11.4 Å². The fourth-order valence-electron chi connectivity index (χ4n) is 1.11. The molecule has 15 heavy (non-hydrogen) atoms. The molecule has 7 heteroatoms. The number of primary sulfonamides is 1. The van der Waals surface area contributed by atoms with E-state index >= 15 is 0 Å². The number of aliphatic hydroxyl groups is 1. The summed E-state index contributed by atoms with van der Waals surface area (Å²) in [6.07, 6.45) is 0. The molecule has 0 amide bonds. The van der Waals surface area contributed by atoms with Gasteiger partial charge in [0.05, 0.1) is 12.3 Å². The number of sulfonamides is 1. The number of benzene rings is 1. The summed E-state index contributed by atoms with van der Waals surface area (Å²) >= 11 is 0. The Labute approximate surface area is 87.9 Å². The van der Waals surface area contributed by atoms with Crippen molar-refractivity contribution in [2.75, 3.05) is 24.2 Å². The maximum atomic E-state index is 11.2. The van der Waals surface area contributed by atoms with Crippen molar-refractivity contribution in [1.29, 1.82) is 0 Å². The van der Waals surface area contributed by atoms with E-state index in [2.05, 4.69) is 5.32 Å². The van der Waals surface area contributed by atoms with Crippen molar-refractivity contribution >= 4 is 21.4 Å². The summed E-state index contributed by atoms with van der Waals surface area (Å²) in [6.45, 7) is 0.140. The maximum Gasteiger partial charge on any atom is 0.240 e. The third-order valence-corrected chi connectivity index (χ3v) is 2.69. The summed E-state index contributed by atoms with van der Waals surface area (Å²) in [4.78, 5) is -0.0732. The van der Waals surface area contributed by atoms with Crippen molar-refractivity contribution in [2.24, 2.45) is 5.14 Å². The Bertz CT molecular complexity index is 444. The number of nitrogens with one attached hydrogen (secondary N) is 1. The van der Waals surface area contributed by atoms with E-state index in [1.807, 2.05) is 0 Å². The highest BCUT2D eigenvalue weighted by Crippen LogP contribution is 2.22. The van der Waals surface area contributed by atoms with Crippen molar-refractivity contribution < 1.29 is 13.5 Å². The SMILES string of the molecule is Nc1ccc(NCCO)c(S(N)(=O)=O)c1. The highest BCUT2D eigenvalue weighted by Gasteiger charge is 2.13. The zero-order valence-corrected chi connectivity index (χ0v) is 8.79. The second-order valence-electron chi connectivity index (χ2n) is 2.95. The molecule has 0 spiro atoms. The molecule has 0 aliphatic heterocycles. The van der Waals surface area contributed by atoms with Gasteiger partial charge in [-0.1, -0.05) is 0 Å². The third-order valence-electron chi connectivity index (χ3n) is 1.74. The lowest BCUT2D eigenvalue weighted by Crippen LogP contribution is -2.16. The standard InChI is InChI=1S/C8H13N3O3S/c9-6-1-2-7(11-3-4-12)8(5-6)15(10,13)14/h1-2,5,11-12H,3-4,9H2,(H2,10,13,14). The first kappa shape index (κ1) is 11.8. The van der Waals surface area contributed by atoms with Gasteiger partial charge < -0.3 is 16.2 Å². The average Bonchev–Trinajstić information content (AvgIpc) is 2.14. The van der Waals surface area contributed by atoms with Gasteiger partial charge in [0, 0.05) is 12.2 Å². The Balaban J connectivity index is 3.15. The van der Waals surface area contributed by atoms with Crippen LogP contribution in [-0.2, 0) is 10.0 Å². The van der Waals surface area contributed by atoms with E-state index in [0.29, 0.717) is 11.4 Å². The van der Waals surface area contributed by atoms with Crippen molar-refractivity contribution in [2.45, 2.75) is 4.90 Å². The Morgan fingerprint density at radius 2 is 2.07 bits per heavy atom. The fourth-order valence-corrected chi connectivity index (χ4v) is 1.86. The number of rotatable bonds is 4. The summed E-state index contributed by atoms with van der Waals surface area (Å²) in [7, 11) is -3.81. The number of aliphatic hydroxyl groups excluding tert-OH is 1. The summed E-state index contributed by atoms with van der Waals surface area (Å²) in [6, 6.07) is 4.33. The molecule has 0 atom stereocenters. The molecule has 6 N–H and O–H groups in total. The minimum absolute atomic E-state index is 0.0732.